The Bertz CT molecular complexity index is 515. The summed E-state index contributed by atoms with van der Waals surface area (Å²) in [6.07, 6.45) is -0.0193. The largest absolute Gasteiger partial charge is 0.505 e. The van der Waals surface area contributed by atoms with Crippen LogP contribution in [0.25, 0.3) is 0 Å². The summed E-state index contributed by atoms with van der Waals surface area (Å²) in [6.45, 7) is 0.0422. The number of urea groups is 1. The molecule has 102 valence electrons. The monoisotopic (exact) mass is 267 g/mol. The average molecular weight is 267 g/mol. The van der Waals surface area contributed by atoms with E-state index in [1.54, 1.807) is 0 Å². The molecule has 3 amide bonds. The molecule has 19 heavy (non-hydrogen) atoms. The Morgan fingerprint density at radius 3 is 2.53 bits per heavy atom. The maximum atomic E-state index is 11.4. The Kier molecular flexibility index (Phi) is 4.69. The fourth-order valence-corrected chi connectivity index (χ4v) is 1.28. The van der Waals surface area contributed by atoms with Gasteiger partial charge in [0.15, 0.2) is 5.75 Å². The fourth-order valence-electron chi connectivity index (χ4n) is 1.28. The normalized spacial score (nSPS) is 9.68. The molecule has 0 unspecified atom stereocenters. The van der Waals surface area contributed by atoms with Crippen molar-refractivity contribution in [1.29, 1.82) is 0 Å². The smallest absolute Gasteiger partial charge is 0.339 e. The maximum absolute atomic E-state index is 11.4. The summed E-state index contributed by atoms with van der Waals surface area (Å²) < 4.78 is 0. The molecule has 0 aliphatic heterocycles. The van der Waals surface area contributed by atoms with E-state index in [1.165, 1.54) is 18.2 Å². The molecule has 1 rings (SSSR count). The molecule has 0 radical (unpaired) electrons. The number of amides is 3. The van der Waals surface area contributed by atoms with Crippen LogP contribution in [0.4, 0.5) is 10.5 Å². The molecule has 0 spiro atoms. The number of carbonyl (C=O) groups excluding carboxylic acids is 2. The second kappa shape index (κ2) is 6.24. The maximum Gasteiger partial charge on any atom is 0.339 e. The van der Waals surface area contributed by atoms with Crippen molar-refractivity contribution in [1.82, 2.24) is 5.32 Å². The molecular formula is C11H13N3O5. The van der Waals surface area contributed by atoms with E-state index in [1.807, 2.05) is 0 Å². The Morgan fingerprint density at radius 2 is 1.95 bits per heavy atom. The minimum atomic E-state index is -1.31. The molecule has 0 atom stereocenters. The third-order valence-electron chi connectivity index (χ3n) is 2.17. The van der Waals surface area contributed by atoms with E-state index >= 15 is 0 Å². The Balaban J connectivity index is 2.67. The van der Waals surface area contributed by atoms with Crippen LogP contribution in [-0.2, 0) is 4.79 Å². The van der Waals surface area contributed by atoms with Gasteiger partial charge in [-0.1, -0.05) is 6.07 Å². The molecule has 0 aromatic heterocycles. The van der Waals surface area contributed by atoms with Crippen LogP contribution in [0.5, 0.6) is 5.75 Å². The van der Waals surface area contributed by atoms with Gasteiger partial charge in [0, 0.05) is 13.0 Å². The lowest BCUT2D eigenvalue weighted by molar-refractivity contribution is -0.117. The second-order valence-corrected chi connectivity index (χ2v) is 3.60. The fraction of sp³-hybridized carbons (Fsp3) is 0.182. The van der Waals surface area contributed by atoms with Gasteiger partial charge >= 0.3 is 12.0 Å². The summed E-state index contributed by atoms with van der Waals surface area (Å²) in [5, 5.41) is 23.0. The molecule has 0 saturated heterocycles. The zero-order valence-electron chi connectivity index (χ0n) is 9.84. The standard InChI is InChI=1S/C11H13N3O5/c12-8(15)4-5-13-11(19)14-7-3-1-2-6(9(7)16)10(17)18/h1-3,16H,4-5H2,(H2,12,15)(H,17,18)(H2,13,14,19). The highest BCUT2D eigenvalue weighted by molar-refractivity contribution is 5.97. The van der Waals surface area contributed by atoms with Crippen LogP contribution in [0.15, 0.2) is 18.2 Å². The highest BCUT2D eigenvalue weighted by Crippen LogP contribution is 2.27. The number of hydrogen-bond donors (Lipinski definition) is 5. The van der Waals surface area contributed by atoms with Crippen LogP contribution < -0.4 is 16.4 Å². The number of hydrogen-bond acceptors (Lipinski definition) is 4. The highest BCUT2D eigenvalue weighted by atomic mass is 16.4. The summed E-state index contributed by atoms with van der Waals surface area (Å²) in [6, 6.07) is 3.24. The van der Waals surface area contributed by atoms with Crippen molar-refractivity contribution in [2.24, 2.45) is 5.73 Å². The van der Waals surface area contributed by atoms with Crippen LogP contribution in [-0.4, -0.2) is 34.7 Å². The number of benzene rings is 1. The number of phenols is 1. The molecule has 8 nitrogen and oxygen atoms in total. The summed E-state index contributed by atoms with van der Waals surface area (Å²) in [7, 11) is 0. The van der Waals surface area contributed by atoms with Crippen molar-refractivity contribution < 1.29 is 24.6 Å². The van der Waals surface area contributed by atoms with Crippen LogP contribution in [0, 0.1) is 0 Å². The van der Waals surface area contributed by atoms with Crippen LogP contribution in [0.1, 0.15) is 16.8 Å². The molecule has 8 heteroatoms. The quantitative estimate of drug-likeness (QED) is 0.480. The predicted molar refractivity (Wildman–Crippen MR) is 65.9 cm³/mol. The van der Waals surface area contributed by atoms with Gasteiger partial charge in [0.05, 0.1) is 5.69 Å². The number of rotatable bonds is 5. The van der Waals surface area contributed by atoms with Gasteiger partial charge in [0.25, 0.3) is 0 Å². The van der Waals surface area contributed by atoms with Gasteiger partial charge in [0.1, 0.15) is 5.56 Å². The van der Waals surface area contributed by atoms with E-state index in [0.717, 1.165) is 0 Å². The van der Waals surface area contributed by atoms with Crippen molar-refractivity contribution in [3.63, 3.8) is 0 Å². The van der Waals surface area contributed by atoms with Crippen molar-refractivity contribution in [3.05, 3.63) is 23.8 Å². The number of aromatic hydroxyl groups is 1. The number of primary amides is 1. The van der Waals surface area contributed by atoms with Crippen molar-refractivity contribution in [2.45, 2.75) is 6.42 Å². The third kappa shape index (κ3) is 4.19. The van der Waals surface area contributed by atoms with Gasteiger partial charge in [-0.3, -0.25) is 4.79 Å². The molecule has 6 N–H and O–H groups in total. The lowest BCUT2D eigenvalue weighted by Crippen LogP contribution is -2.31. The van der Waals surface area contributed by atoms with Crippen molar-refractivity contribution >= 4 is 23.6 Å². The number of anilines is 1. The SMILES string of the molecule is NC(=O)CCNC(=O)Nc1cccc(C(=O)O)c1O. The van der Waals surface area contributed by atoms with E-state index in [-0.39, 0.29) is 24.2 Å². The number of carboxylic acid groups (broad SMARTS) is 1. The topological polar surface area (TPSA) is 142 Å². The molecule has 0 fully saturated rings. The summed E-state index contributed by atoms with van der Waals surface area (Å²) in [4.78, 5) is 32.6. The van der Waals surface area contributed by atoms with Gasteiger partial charge < -0.3 is 26.6 Å². The first-order valence-electron chi connectivity index (χ1n) is 5.30. The van der Waals surface area contributed by atoms with Gasteiger partial charge in [-0.25, -0.2) is 9.59 Å². The lowest BCUT2D eigenvalue weighted by atomic mass is 10.2. The van der Waals surface area contributed by atoms with E-state index in [4.69, 9.17) is 10.8 Å². The Labute approximate surface area is 108 Å². The molecule has 0 aliphatic rings. The van der Waals surface area contributed by atoms with Crippen LogP contribution >= 0.6 is 0 Å². The van der Waals surface area contributed by atoms with Gasteiger partial charge in [0.2, 0.25) is 5.91 Å². The number of carboxylic acids is 1. The molecular weight excluding hydrogens is 254 g/mol. The minimum absolute atomic E-state index is 0.0193. The Hall–Kier alpha value is -2.77. The predicted octanol–water partition coefficient (Wildman–Crippen LogP) is 0.0873. The zero-order valence-corrected chi connectivity index (χ0v) is 9.84. The number of aromatic carboxylic acids is 1. The van der Waals surface area contributed by atoms with Gasteiger partial charge in [-0.15, -0.1) is 0 Å². The van der Waals surface area contributed by atoms with Crippen LogP contribution in [0.3, 0.4) is 0 Å². The summed E-state index contributed by atoms with van der Waals surface area (Å²) >= 11 is 0. The van der Waals surface area contributed by atoms with Crippen LogP contribution in [0.2, 0.25) is 0 Å². The first kappa shape index (κ1) is 14.3. The molecule has 0 saturated carbocycles. The van der Waals surface area contributed by atoms with Crippen molar-refractivity contribution in [3.8, 4) is 5.75 Å². The highest BCUT2D eigenvalue weighted by Gasteiger charge is 2.14. The van der Waals surface area contributed by atoms with E-state index in [9.17, 15) is 19.5 Å². The average Bonchev–Trinajstić information content (AvgIpc) is 2.31. The van der Waals surface area contributed by atoms with Crippen molar-refractivity contribution in [2.75, 3.05) is 11.9 Å². The van der Waals surface area contributed by atoms with E-state index in [0.29, 0.717) is 0 Å². The van der Waals surface area contributed by atoms with E-state index < -0.39 is 23.7 Å². The van der Waals surface area contributed by atoms with Gasteiger partial charge in [-0.05, 0) is 12.1 Å². The minimum Gasteiger partial charge on any atom is -0.505 e. The molecule has 1 aromatic rings. The Morgan fingerprint density at radius 1 is 1.26 bits per heavy atom. The molecule has 0 heterocycles. The molecule has 0 bridgehead atoms. The number of para-hydroxylation sites is 1. The third-order valence-corrected chi connectivity index (χ3v) is 2.17. The lowest BCUT2D eigenvalue weighted by Gasteiger charge is -2.09. The zero-order chi connectivity index (χ0) is 14.4. The number of nitrogens with two attached hydrogens (primary N) is 1. The summed E-state index contributed by atoms with van der Waals surface area (Å²) in [5.41, 5.74) is 4.52. The molecule has 0 aliphatic carbocycles. The second-order valence-electron chi connectivity index (χ2n) is 3.60. The molecule has 1 aromatic carbocycles. The first-order valence-corrected chi connectivity index (χ1v) is 5.30. The van der Waals surface area contributed by atoms with Gasteiger partial charge in [-0.2, -0.15) is 0 Å². The number of nitrogens with one attached hydrogen (secondary N) is 2. The van der Waals surface area contributed by atoms with E-state index in [2.05, 4.69) is 10.6 Å². The summed E-state index contributed by atoms with van der Waals surface area (Å²) in [5.74, 6) is -2.41. The number of carbonyl (C=O) groups is 3. The first-order chi connectivity index (χ1) is 8.91.